The molecule has 1 aromatic heterocycles. The average molecular weight is 319 g/mol. The summed E-state index contributed by atoms with van der Waals surface area (Å²) < 4.78 is 32.2. The van der Waals surface area contributed by atoms with Crippen molar-refractivity contribution in [3.63, 3.8) is 0 Å². The fraction of sp³-hybridized carbons (Fsp3) is 0.692. The van der Waals surface area contributed by atoms with E-state index in [1.165, 1.54) is 6.07 Å². The maximum absolute atomic E-state index is 12.6. The summed E-state index contributed by atoms with van der Waals surface area (Å²) >= 11 is 5.67. The van der Waals surface area contributed by atoms with Crippen LogP contribution in [0, 0.1) is 0 Å². The van der Waals surface area contributed by atoms with E-state index in [-0.39, 0.29) is 11.0 Å². The number of hydrogen-bond acceptors (Lipinski definition) is 4. The van der Waals surface area contributed by atoms with Crippen LogP contribution in [0.5, 0.6) is 0 Å². The van der Waals surface area contributed by atoms with Crippen LogP contribution < -0.4 is 0 Å². The van der Waals surface area contributed by atoms with Crippen molar-refractivity contribution in [3.8, 4) is 0 Å². The van der Waals surface area contributed by atoms with Gasteiger partial charge < -0.3 is 4.42 Å². The number of nitrogens with zero attached hydrogens (tertiary/aromatic N) is 2. The van der Waals surface area contributed by atoms with E-state index < -0.39 is 10.0 Å². The highest BCUT2D eigenvalue weighted by molar-refractivity contribution is 7.89. The first-order valence-corrected chi connectivity index (χ1v) is 8.97. The van der Waals surface area contributed by atoms with E-state index in [1.54, 1.807) is 10.4 Å². The quantitative estimate of drug-likeness (QED) is 0.799. The lowest BCUT2D eigenvalue weighted by atomic mass is 10.2. The lowest BCUT2D eigenvalue weighted by molar-refractivity contribution is 0.256. The second-order valence-corrected chi connectivity index (χ2v) is 7.54. The number of halogens is 1. The molecule has 1 unspecified atom stereocenters. The van der Waals surface area contributed by atoms with E-state index in [4.69, 9.17) is 16.0 Å². The van der Waals surface area contributed by atoms with Gasteiger partial charge in [-0.15, -0.1) is 11.6 Å². The lowest BCUT2D eigenvalue weighted by Gasteiger charge is -2.24. The van der Waals surface area contributed by atoms with Crippen molar-refractivity contribution >= 4 is 21.6 Å². The summed E-state index contributed by atoms with van der Waals surface area (Å²) in [6.07, 6.45) is 3.12. The zero-order valence-corrected chi connectivity index (χ0v) is 12.9. The Balaban J connectivity index is 1.82. The third-order valence-electron chi connectivity index (χ3n) is 4.13. The van der Waals surface area contributed by atoms with Crippen molar-refractivity contribution in [1.29, 1.82) is 0 Å². The van der Waals surface area contributed by atoms with Gasteiger partial charge in [-0.1, -0.05) is 0 Å². The van der Waals surface area contributed by atoms with Gasteiger partial charge in [0.15, 0.2) is 0 Å². The SMILES string of the molecule is O=S(=O)(c1ccc(CCl)o1)N1CCCN2CCCC2C1. The first-order valence-electron chi connectivity index (χ1n) is 7.00. The fourth-order valence-electron chi connectivity index (χ4n) is 3.09. The summed E-state index contributed by atoms with van der Waals surface area (Å²) in [5, 5.41) is 0.0135. The van der Waals surface area contributed by atoms with Crippen LogP contribution in [0.4, 0.5) is 0 Å². The Morgan fingerprint density at radius 3 is 2.80 bits per heavy atom. The van der Waals surface area contributed by atoms with Crippen LogP contribution in [0.2, 0.25) is 0 Å². The molecule has 2 aliphatic rings. The van der Waals surface area contributed by atoms with Crippen LogP contribution in [0.15, 0.2) is 21.6 Å². The number of hydrogen-bond donors (Lipinski definition) is 0. The van der Waals surface area contributed by atoms with Crippen molar-refractivity contribution in [3.05, 3.63) is 17.9 Å². The van der Waals surface area contributed by atoms with E-state index in [1.807, 2.05) is 0 Å². The highest BCUT2D eigenvalue weighted by Gasteiger charge is 2.35. The van der Waals surface area contributed by atoms with E-state index >= 15 is 0 Å². The minimum Gasteiger partial charge on any atom is -0.447 e. The van der Waals surface area contributed by atoms with Crippen molar-refractivity contribution in [2.45, 2.75) is 36.3 Å². The molecular weight excluding hydrogens is 300 g/mol. The molecule has 2 fully saturated rings. The summed E-state index contributed by atoms with van der Waals surface area (Å²) in [5.41, 5.74) is 0. The number of fused-ring (bicyclic) bond motifs is 1. The molecule has 0 saturated carbocycles. The molecule has 1 atom stereocenters. The van der Waals surface area contributed by atoms with Crippen molar-refractivity contribution in [2.75, 3.05) is 26.2 Å². The van der Waals surface area contributed by atoms with Crippen LogP contribution in [0.25, 0.3) is 0 Å². The van der Waals surface area contributed by atoms with Gasteiger partial charge >= 0.3 is 0 Å². The largest absolute Gasteiger partial charge is 0.447 e. The number of furan rings is 1. The standard InChI is InChI=1S/C13H19ClN2O3S/c14-9-12-4-5-13(19-12)20(17,18)16-8-2-7-15-6-1-3-11(15)10-16/h4-5,11H,1-3,6-10H2. The predicted octanol–water partition coefficient (Wildman–Crippen LogP) is 1.88. The Bertz CT molecular complexity index is 572. The fourth-order valence-corrected chi connectivity index (χ4v) is 4.68. The van der Waals surface area contributed by atoms with Gasteiger partial charge in [0.2, 0.25) is 5.09 Å². The van der Waals surface area contributed by atoms with Crippen LogP contribution in [-0.2, 0) is 15.9 Å². The van der Waals surface area contributed by atoms with Gasteiger partial charge in [-0.3, -0.25) is 4.90 Å². The molecule has 2 saturated heterocycles. The molecule has 0 aliphatic carbocycles. The summed E-state index contributed by atoms with van der Waals surface area (Å²) in [4.78, 5) is 2.40. The summed E-state index contributed by atoms with van der Waals surface area (Å²) in [6.45, 7) is 3.21. The molecule has 0 radical (unpaired) electrons. The maximum atomic E-state index is 12.6. The maximum Gasteiger partial charge on any atom is 0.276 e. The highest BCUT2D eigenvalue weighted by Crippen LogP contribution is 2.26. The van der Waals surface area contributed by atoms with E-state index in [0.717, 1.165) is 32.4 Å². The minimum atomic E-state index is -3.53. The van der Waals surface area contributed by atoms with Crippen LogP contribution >= 0.6 is 11.6 Å². The third kappa shape index (κ3) is 2.62. The van der Waals surface area contributed by atoms with E-state index in [2.05, 4.69) is 4.90 Å². The molecule has 0 N–H and O–H groups in total. The molecule has 7 heteroatoms. The Morgan fingerprint density at radius 1 is 1.25 bits per heavy atom. The molecular formula is C13H19ClN2O3S. The molecule has 3 rings (SSSR count). The van der Waals surface area contributed by atoms with Gasteiger partial charge in [0.05, 0.1) is 5.88 Å². The van der Waals surface area contributed by atoms with Crippen molar-refractivity contribution < 1.29 is 12.8 Å². The predicted molar refractivity (Wildman–Crippen MR) is 76.2 cm³/mol. The molecule has 1 aromatic rings. The van der Waals surface area contributed by atoms with Gasteiger partial charge in [-0.2, -0.15) is 4.31 Å². The zero-order chi connectivity index (χ0) is 14.2. The molecule has 2 aliphatic heterocycles. The van der Waals surface area contributed by atoms with Gasteiger partial charge in [0.1, 0.15) is 5.76 Å². The Hall–Kier alpha value is -0.560. The zero-order valence-electron chi connectivity index (χ0n) is 11.3. The number of sulfonamides is 1. The van der Waals surface area contributed by atoms with Gasteiger partial charge in [0.25, 0.3) is 10.0 Å². The first-order chi connectivity index (χ1) is 9.61. The number of rotatable bonds is 3. The summed E-state index contributed by atoms with van der Waals surface area (Å²) in [5.74, 6) is 0.675. The van der Waals surface area contributed by atoms with Crippen LogP contribution in [-0.4, -0.2) is 49.8 Å². The molecule has 112 valence electrons. The Morgan fingerprint density at radius 2 is 2.05 bits per heavy atom. The molecule has 0 aromatic carbocycles. The Kier molecular flexibility index (Phi) is 4.08. The Labute approximate surface area is 124 Å². The molecule has 0 amide bonds. The summed E-state index contributed by atoms with van der Waals surface area (Å²) in [6, 6.07) is 3.49. The van der Waals surface area contributed by atoms with E-state index in [9.17, 15) is 8.42 Å². The topological polar surface area (TPSA) is 53.8 Å². The van der Waals surface area contributed by atoms with Crippen molar-refractivity contribution in [2.24, 2.45) is 0 Å². The smallest absolute Gasteiger partial charge is 0.276 e. The molecule has 3 heterocycles. The normalized spacial score (nSPS) is 25.6. The third-order valence-corrected chi connectivity index (χ3v) is 6.13. The second kappa shape index (κ2) is 5.67. The molecule has 5 nitrogen and oxygen atoms in total. The first kappa shape index (κ1) is 14.4. The molecule has 0 spiro atoms. The second-order valence-electron chi connectivity index (χ2n) is 5.40. The number of alkyl halides is 1. The lowest BCUT2D eigenvalue weighted by Crippen LogP contribution is -2.39. The minimum absolute atomic E-state index is 0.0135. The van der Waals surface area contributed by atoms with Gasteiger partial charge in [-0.25, -0.2) is 8.42 Å². The average Bonchev–Trinajstić information content (AvgIpc) is 3.04. The summed E-state index contributed by atoms with van der Waals surface area (Å²) in [7, 11) is -3.53. The van der Waals surface area contributed by atoms with Gasteiger partial charge in [0, 0.05) is 19.1 Å². The molecule has 0 bridgehead atoms. The van der Waals surface area contributed by atoms with Gasteiger partial charge in [-0.05, 0) is 44.5 Å². The highest BCUT2D eigenvalue weighted by atomic mass is 35.5. The molecule has 20 heavy (non-hydrogen) atoms. The van der Waals surface area contributed by atoms with E-state index in [0.29, 0.717) is 24.9 Å². The van der Waals surface area contributed by atoms with Crippen LogP contribution in [0.1, 0.15) is 25.0 Å². The monoisotopic (exact) mass is 318 g/mol. The van der Waals surface area contributed by atoms with Crippen LogP contribution in [0.3, 0.4) is 0 Å². The van der Waals surface area contributed by atoms with Crippen molar-refractivity contribution in [1.82, 2.24) is 9.21 Å².